The number of rotatable bonds is 4. The van der Waals surface area contributed by atoms with Gasteiger partial charge >= 0.3 is 0 Å². The molecular weight excluding hydrogens is 260 g/mol. The first-order valence-electron chi connectivity index (χ1n) is 6.58. The second-order valence-corrected chi connectivity index (χ2v) is 6.76. The number of likely N-dealkylation sites (N-methyl/N-ethyl adjacent to an activating group) is 1. The van der Waals surface area contributed by atoms with Crippen molar-refractivity contribution >= 4 is 23.4 Å². The molecule has 1 atom stereocenters. The predicted molar refractivity (Wildman–Crippen MR) is 79.4 cm³/mol. The number of thioether (sulfide) groups is 1. The lowest BCUT2D eigenvalue weighted by Gasteiger charge is -2.38. The van der Waals surface area contributed by atoms with Crippen LogP contribution in [0.1, 0.15) is 20.3 Å². The van der Waals surface area contributed by atoms with Crippen LogP contribution in [-0.4, -0.2) is 40.3 Å². The van der Waals surface area contributed by atoms with Crippen LogP contribution in [0.2, 0.25) is 0 Å². The zero-order valence-corrected chi connectivity index (χ0v) is 12.6. The van der Waals surface area contributed by atoms with Gasteiger partial charge in [-0.05, 0) is 17.6 Å². The maximum atomic E-state index is 11.3. The fraction of sp³-hybridized carbons (Fsp3) is 0.692. The minimum absolute atomic E-state index is 0.0387. The van der Waals surface area contributed by atoms with Crippen LogP contribution in [0, 0.1) is 5.41 Å². The molecule has 1 saturated heterocycles. The fourth-order valence-corrected chi connectivity index (χ4v) is 3.73. The zero-order chi connectivity index (χ0) is 13.9. The number of amides is 1. The highest BCUT2D eigenvalue weighted by Crippen LogP contribution is 2.35. The summed E-state index contributed by atoms with van der Waals surface area (Å²) in [5, 5.41) is 10.3. The average Bonchev–Trinajstić information content (AvgIpc) is 2.79. The van der Waals surface area contributed by atoms with Crippen molar-refractivity contribution in [1.82, 2.24) is 15.1 Å². The van der Waals surface area contributed by atoms with Crippen molar-refractivity contribution in [2.24, 2.45) is 5.41 Å². The molecule has 106 valence electrons. The molecule has 2 heterocycles. The Morgan fingerprint density at radius 1 is 1.63 bits per heavy atom. The van der Waals surface area contributed by atoms with Gasteiger partial charge in [-0.25, -0.2) is 0 Å². The maximum absolute atomic E-state index is 11.3. The Morgan fingerprint density at radius 3 is 3.11 bits per heavy atom. The Kier molecular flexibility index (Phi) is 4.39. The lowest BCUT2D eigenvalue weighted by atomic mass is 9.82. The molecule has 1 aromatic heterocycles. The van der Waals surface area contributed by atoms with Crippen LogP contribution < -0.4 is 10.6 Å². The summed E-state index contributed by atoms with van der Waals surface area (Å²) in [6.45, 7) is 4.87. The monoisotopic (exact) mass is 282 g/mol. The number of nitrogens with one attached hydrogen (secondary N) is 2. The molecule has 1 aliphatic heterocycles. The van der Waals surface area contributed by atoms with Gasteiger partial charge in [-0.1, -0.05) is 13.8 Å². The molecule has 0 spiro atoms. The minimum atomic E-state index is -0.0387. The molecular formula is C13H22N4OS. The molecule has 19 heavy (non-hydrogen) atoms. The van der Waals surface area contributed by atoms with Crippen molar-refractivity contribution in [3.8, 4) is 0 Å². The standard InChI is InChI=1S/C13H22N4OS/c1-13(2)4-5-19-9-11(13)16-10-6-15-17(7-10)8-12(18)14-3/h6-7,11,16H,4-5,8-9H2,1-3H3,(H,14,18). The van der Waals surface area contributed by atoms with E-state index in [0.29, 0.717) is 11.5 Å². The lowest BCUT2D eigenvalue weighted by molar-refractivity contribution is -0.121. The molecule has 5 nitrogen and oxygen atoms in total. The second-order valence-electron chi connectivity index (χ2n) is 5.61. The number of anilines is 1. The van der Waals surface area contributed by atoms with Gasteiger partial charge < -0.3 is 10.6 Å². The number of carbonyl (C=O) groups excluding carboxylic acids is 1. The van der Waals surface area contributed by atoms with Crippen molar-refractivity contribution in [3.63, 3.8) is 0 Å². The summed E-state index contributed by atoms with van der Waals surface area (Å²) >= 11 is 1.99. The number of nitrogens with zero attached hydrogens (tertiary/aromatic N) is 2. The molecule has 0 aliphatic carbocycles. The van der Waals surface area contributed by atoms with Crippen LogP contribution in [0.25, 0.3) is 0 Å². The second kappa shape index (κ2) is 5.86. The quantitative estimate of drug-likeness (QED) is 0.880. The number of hydrogen-bond donors (Lipinski definition) is 2. The van der Waals surface area contributed by atoms with Gasteiger partial charge in [0.05, 0.1) is 11.9 Å². The van der Waals surface area contributed by atoms with Crippen LogP contribution in [0.5, 0.6) is 0 Å². The van der Waals surface area contributed by atoms with Gasteiger partial charge in [-0.3, -0.25) is 9.48 Å². The lowest BCUT2D eigenvalue weighted by Crippen LogP contribution is -2.41. The van der Waals surface area contributed by atoms with Crippen LogP contribution in [-0.2, 0) is 11.3 Å². The SMILES string of the molecule is CNC(=O)Cn1cc(NC2CSCCC2(C)C)cn1. The molecule has 2 N–H and O–H groups in total. The van der Waals surface area contributed by atoms with Crippen molar-refractivity contribution in [3.05, 3.63) is 12.4 Å². The average molecular weight is 282 g/mol. The van der Waals surface area contributed by atoms with Crippen LogP contribution >= 0.6 is 11.8 Å². The molecule has 1 unspecified atom stereocenters. The van der Waals surface area contributed by atoms with Gasteiger partial charge in [0.25, 0.3) is 0 Å². The molecule has 0 bridgehead atoms. The Bertz CT molecular complexity index is 444. The summed E-state index contributed by atoms with van der Waals surface area (Å²) in [6, 6.07) is 0.448. The van der Waals surface area contributed by atoms with Crippen LogP contribution in [0.3, 0.4) is 0 Å². The minimum Gasteiger partial charge on any atom is -0.378 e. The van der Waals surface area contributed by atoms with Gasteiger partial charge in [0.15, 0.2) is 0 Å². The third-order valence-corrected chi connectivity index (χ3v) is 4.74. The highest BCUT2D eigenvalue weighted by molar-refractivity contribution is 7.99. The summed E-state index contributed by atoms with van der Waals surface area (Å²) in [4.78, 5) is 11.3. The van der Waals surface area contributed by atoms with E-state index in [4.69, 9.17) is 0 Å². The summed E-state index contributed by atoms with van der Waals surface area (Å²) in [5.41, 5.74) is 1.29. The van der Waals surface area contributed by atoms with E-state index in [0.717, 1.165) is 11.4 Å². The molecule has 1 amide bonds. The van der Waals surface area contributed by atoms with Gasteiger partial charge in [-0.2, -0.15) is 16.9 Å². The molecule has 0 radical (unpaired) electrons. The van der Waals surface area contributed by atoms with E-state index in [1.807, 2.05) is 18.0 Å². The molecule has 1 aliphatic rings. The first-order valence-corrected chi connectivity index (χ1v) is 7.74. The van der Waals surface area contributed by atoms with Crippen molar-refractivity contribution in [2.75, 3.05) is 23.9 Å². The number of carbonyl (C=O) groups is 1. The first kappa shape index (κ1) is 14.2. The van der Waals surface area contributed by atoms with Crippen molar-refractivity contribution < 1.29 is 4.79 Å². The summed E-state index contributed by atoms with van der Waals surface area (Å²) in [6.07, 6.45) is 4.91. The molecule has 6 heteroatoms. The summed E-state index contributed by atoms with van der Waals surface area (Å²) in [5.74, 6) is 2.32. The van der Waals surface area contributed by atoms with Gasteiger partial charge in [0.1, 0.15) is 6.54 Å². The van der Waals surface area contributed by atoms with Crippen LogP contribution in [0.4, 0.5) is 5.69 Å². The van der Waals surface area contributed by atoms with E-state index < -0.39 is 0 Å². The van der Waals surface area contributed by atoms with E-state index in [1.165, 1.54) is 12.2 Å². The first-order chi connectivity index (χ1) is 9.01. The van der Waals surface area contributed by atoms with Gasteiger partial charge in [0.2, 0.25) is 5.91 Å². The smallest absolute Gasteiger partial charge is 0.241 e. The molecule has 1 aromatic rings. The number of hydrogen-bond acceptors (Lipinski definition) is 4. The normalized spacial score (nSPS) is 21.9. The molecule has 2 rings (SSSR count). The van der Waals surface area contributed by atoms with E-state index in [2.05, 4.69) is 29.6 Å². The highest BCUT2D eigenvalue weighted by Gasteiger charge is 2.32. The predicted octanol–water partition coefficient (Wildman–Crippen LogP) is 1.57. The van der Waals surface area contributed by atoms with E-state index in [-0.39, 0.29) is 12.5 Å². The van der Waals surface area contributed by atoms with Gasteiger partial charge in [0, 0.05) is 25.0 Å². The third-order valence-electron chi connectivity index (χ3n) is 3.68. The Hall–Kier alpha value is -1.17. The Labute approximate surface area is 118 Å². The molecule has 0 aromatic carbocycles. The fourth-order valence-electron chi connectivity index (χ4n) is 2.13. The van der Waals surface area contributed by atoms with E-state index in [1.54, 1.807) is 17.9 Å². The van der Waals surface area contributed by atoms with Gasteiger partial charge in [-0.15, -0.1) is 0 Å². The van der Waals surface area contributed by atoms with E-state index >= 15 is 0 Å². The van der Waals surface area contributed by atoms with E-state index in [9.17, 15) is 4.79 Å². The third kappa shape index (κ3) is 3.65. The largest absolute Gasteiger partial charge is 0.378 e. The maximum Gasteiger partial charge on any atom is 0.241 e. The summed E-state index contributed by atoms with van der Waals surface area (Å²) in [7, 11) is 1.63. The molecule has 1 fully saturated rings. The Morgan fingerprint density at radius 2 is 2.42 bits per heavy atom. The molecule has 0 saturated carbocycles. The Balaban J connectivity index is 1.97. The zero-order valence-electron chi connectivity index (χ0n) is 11.8. The number of aromatic nitrogens is 2. The van der Waals surface area contributed by atoms with Crippen molar-refractivity contribution in [1.29, 1.82) is 0 Å². The summed E-state index contributed by atoms with van der Waals surface area (Å²) < 4.78 is 1.66. The van der Waals surface area contributed by atoms with Crippen LogP contribution in [0.15, 0.2) is 12.4 Å². The topological polar surface area (TPSA) is 59.0 Å². The van der Waals surface area contributed by atoms with Crippen molar-refractivity contribution in [2.45, 2.75) is 32.9 Å². The highest BCUT2D eigenvalue weighted by atomic mass is 32.2.